The zero-order valence-electron chi connectivity index (χ0n) is 12.6. The van der Waals surface area contributed by atoms with Crippen LogP contribution >= 0.6 is 11.6 Å². The molecule has 3 rings (SSSR count). The fourth-order valence-electron chi connectivity index (χ4n) is 2.72. The minimum atomic E-state index is -3.18. The lowest BCUT2D eigenvalue weighted by atomic mass is 9.97. The van der Waals surface area contributed by atoms with Crippen molar-refractivity contribution in [2.75, 3.05) is 24.7 Å². The van der Waals surface area contributed by atoms with Crippen LogP contribution in [0.1, 0.15) is 12.8 Å². The van der Waals surface area contributed by atoms with Gasteiger partial charge < -0.3 is 5.32 Å². The van der Waals surface area contributed by atoms with Crippen molar-refractivity contribution in [1.29, 1.82) is 0 Å². The number of aromatic nitrogens is 2. The number of piperidine rings is 1. The molecule has 1 saturated heterocycles. The summed E-state index contributed by atoms with van der Waals surface area (Å²) in [4.78, 5) is 16.5. The van der Waals surface area contributed by atoms with Gasteiger partial charge in [0.1, 0.15) is 10.8 Å². The number of halogens is 1. The largest absolute Gasteiger partial charge is 0.325 e. The number of carbonyl (C=O) groups is 1. The van der Waals surface area contributed by atoms with E-state index >= 15 is 0 Å². The zero-order valence-corrected chi connectivity index (χ0v) is 14.1. The Labute approximate surface area is 139 Å². The molecule has 0 unspecified atom stereocenters. The number of nitrogens with one attached hydrogen (secondary N) is 1. The summed E-state index contributed by atoms with van der Waals surface area (Å²) in [5, 5.41) is 3.33. The standard InChI is InChI=1S/C14H17ClN4O3S/c1-23(21,22)18-6-4-10(5-7-18)14(20)17-11-2-3-13-16-8-12(15)19(13)9-11/h2-3,8-10H,4-7H2,1H3,(H,17,20). The lowest BCUT2D eigenvalue weighted by molar-refractivity contribution is -0.120. The number of sulfonamides is 1. The van der Waals surface area contributed by atoms with Crippen molar-refractivity contribution >= 4 is 38.9 Å². The molecule has 0 saturated carbocycles. The molecule has 23 heavy (non-hydrogen) atoms. The van der Waals surface area contributed by atoms with Crippen LogP contribution in [0.25, 0.3) is 5.65 Å². The van der Waals surface area contributed by atoms with Crippen molar-refractivity contribution in [2.24, 2.45) is 5.92 Å². The quantitative estimate of drug-likeness (QED) is 0.905. The molecular weight excluding hydrogens is 340 g/mol. The number of rotatable bonds is 3. The Morgan fingerprint density at radius 3 is 2.70 bits per heavy atom. The van der Waals surface area contributed by atoms with Crippen LogP contribution in [0.3, 0.4) is 0 Å². The first-order chi connectivity index (χ1) is 10.8. The number of pyridine rings is 1. The summed E-state index contributed by atoms with van der Waals surface area (Å²) in [7, 11) is -3.18. The number of hydrogen-bond acceptors (Lipinski definition) is 4. The average Bonchev–Trinajstić information content (AvgIpc) is 2.88. The normalized spacial score (nSPS) is 17.5. The van der Waals surface area contributed by atoms with Gasteiger partial charge in [-0.05, 0) is 25.0 Å². The van der Waals surface area contributed by atoms with Crippen LogP contribution < -0.4 is 5.32 Å². The van der Waals surface area contributed by atoms with E-state index in [0.29, 0.717) is 42.4 Å². The summed E-state index contributed by atoms with van der Waals surface area (Å²) < 4.78 is 26.1. The molecule has 1 amide bonds. The van der Waals surface area contributed by atoms with Gasteiger partial charge >= 0.3 is 0 Å². The molecule has 1 fully saturated rings. The van der Waals surface area contributed by atoms with Gasteiger partial charge in [0.2, 0.25) is 15.9 Å². The summed E-state index contributed by atoms with van der Waals surface area (Å²) >= 11 is 6.01. The predicted molar refractivity (Wildman–Crippen MR) is 88.0 cm³/mol. The molecule has 2 aromatic heterocycles. The second-order valence-corrected chi connectivity index (χ2v) is 8.02. The van der Waals surface area contributed by atoms with Crippen LogP contribution in [0.5, 0.6) is 0 Å². The Morgan fingerprint density at radius 2 is 2.04 bits per heavy atom. The topological polar surface area (TPSA) is 83.8 Å². The molecule has 0 radical (unpaired) electrons. The smallest absolute Gasteiger partial charge is 0.227 e. The minimum absolute atomic E-state index is 0.103. The van der Waals surface area contributed by atoms with Gasteiger partial charge in [-0.1, -0.05) is 11.6 Å². The highest BCUT2D eigenvalue weighted by molar-refractivity contribution is 7.88. The number of fused-ring (bicyclic) bond motifs is 1. The second-order valence-electron chi connectivity index (χ2n) is 5.65. The van der Waals surface area contributed by atoms with Gasteiger partial charge in [-0.3, -0.25) is 9.20 Å². The summed E-state index contributed by atoms with van der Waals surface area (Å²) in [6.07, 6.45) is 5.50. The van der Waals surface area contributed by atoms with Crippen LogP contribution in [0.15, 0.2) is 24.5 Å². The molecule has 0 bridgehead atoms. The van der Waals surface area contributed by atoms with E-state index in [1.807, 2.05) is 0 Å². The van der Waals surface area contributed by atoms with E-state index in [1.54, 1.807) is 28.9 Å². The number of nitrogens with zero attached hydrogens (tertiary/aromatic N) is 3. The third kappa shape index (κ3) is 3.49. The van der Waals surface area contributed by atoms with Crippen molar-refractivity contribution in [3.05, 3.63) is 29.7 Å². The Hall–Kier alpha value is -1.64. The molecule has 0 atom stereocenters. The lowest BCUT2D eigenvalue weighted by Gasteiger charge is -2.29. The van der Waals surface area contributed by atoms with Gasteiger partial charge in [-0.2, -0.15) is 0 Å². The molecule has 2 aromatic rings. The van der Waals surface area contributed by atoms with E-state index in [1.165, 1.54) is 10.6 Å². The molecule has 1 N–H and O–H groups in total. The van der Waals surface area contributed by atoms with Gasteiger partial charge in [0.25, 0.3) is 0 Å². The highest BCUT2D eigenvalue weighted by Crippen LogP contribution is 2.22. The molecule has 1 aliphatic rings. The van der Waals surface area contributed by atoms with E-state index in [0.717, 1.165) is 0 Å². The maximum absolute atomic E-state index is 12.3. The predicted octanol–water partition coefficient (Wildman–Crippen LogP) is 1.60. The Morgan fingerprint density at radius 1 is 1.35 bits per heavy atom. The maximum atomic E-state index is 12.3. The van der Waals surface area contributed by atoms with E-state index in [2.05, 4.69) is 10.3 Å². The summed E-state index contributed by atoms with van der Waals surface area (Å²) in [5.41, 5.74) is 1.34. The lowest BCUT2D eigenvalue weighted by Crippen LogP contribution is -2.40. The summed E-state index contributed by atoms with van der Waals surface area (Å²) in [6, 6.07) is 3.54. The first-order valence-corrected chi connectivity index (χ1v) is 9.46. The average molecular weight is 357 g/mol. The van der Waals surface area contributed by atoms with Crippen LogP contribution in [0, 0.1) is 5.92 Å². The first-order valence-electron chi connectivity index (χ1n) is 7.23. The Bertz CT molecular complexity index is 841. The summed E-state index contributed by atoms with van der Waals surface area (Å²) in [5.74, 6) is -0.296. The monoisotopic (exact) mass is 356 g/mol. The third-order valence-corrected chi connectivity index (χ3v) is 5.60. The number of amides is 1. The Kier molecular flexibility index (Phi) is 4.31. The van der Waals surface area contributed by atoms with Crippen LogP contribution in [-0.2, 0) is 14.8 Å². The van der Waals surface area contributed by atoms with Crippen molar-refractivity contribution < 1.29 is 13.2 Å². The highest BCUT2D eigenvalue weighted by atomic mass is 35.5. The van der Waals surface area contributed by atoms with Gasteiger partial charge in [-0.25, -0.2) is 17.7 Å². The fraction of sp³-hybridized carbons (Fsp3) is 0.429. The van der Waals surface area contributed by atoms with Crippen LogP contribution in [-0.4, -0.2) is 47.4 Å². The van der Waals surface area contributed by atoms with E-state index in [9.17, 15) is 13.2 Å². The van der Waals surface area contributed by atoms with Gasteiger partial charge in [-0.15, -0.1) is 0 Å². The van der Waals surface area contributed by atoms with Crippen LogP contribution in [0.2, 0.25) is 5.15 Å². The van der Waals surface area contributed by atoms with E-state index < -0.39 is 10.0 Å². The SMILES string of the molecule is CS(=O)(=O)N1CCC(C(=O)Nc2ccc3ncc(Cl)n3c2)CC1. The van der Waals surface area contributed by atoms with Crippen molar-refractivity contribution in [1.82, 2.24) is 13.7 Å². The van der Waals surface area contributed by atoms with Gasteiger partial charge in [0.15, 0.2) is 0 Å². The molecule has 0 aromatic carbocycles. The van der Waals surface area contributed by atoms with Crippen molar-refractivity contribution in [3.8, 4) is 0 Å². The molecule has 1 aliphatic heterocycles. The van der Waals surface area contributed by atoms with E-state index in [4.69, 9.17) is 11.6 Å². The van der Waals surface area contributed by atoms with Crippen molar-refractivity contribution in [2.45, 2.75) is 12.8 Å². The molecule has 3 heterocycles. The fourth-order valence-corrected chi connectivity index (χ4v) is 3.78. The zero-order chi connectivity index (χ0) is 16.6. The molecule has 124 valence electrons. The number of hydrogen-bond donors (Lipinski definition) is 1. The molecule has 9 heteroatoms. The number of anilines is 1. The van der Waals surface area contributed by atoms with E-state index in [-0.39, 0.29) is 11.8 Å². The van der Waals surface area contributed by atoms with Gasteiger partial charge in [0, 0.05) is 25.2 Å². The maximum Gasteiger partial charge on any atom is 0.227 e. The second kappa shape index (κ2) is 6.10. The number of carbonyl (C=O) groups excluding carboxylic acids is 1. The van der Waals surface area contributed by atoms with Crippen molar-refractivity contribution in [3.63, 3.8) is 0 Å². The molecule has 0 aliphatic carbocycles. The van der Waals surface area contributed by atoms with Crippen LogP contribution in [0.4, 0.5) is 5.69 Å². The minimum Gasteiger partial charge on any atom is -0.325 e. The molecule has 0 spiro atoms. The molecule has 7 nitrogen and oxygen atoms in total. The summed E-state index contributed by atoms with van der Waals surface area (Å²) in [6.45, 7) is 0.757. The number of imidazole rings is 1. The highest BCUT2D eigenvalue weighted by Gasteiger charge is 2.28. The first kappa shape index (κ1) is 16.2. The Balaban J connectivity index is 1.66. The molecular formula is C14H17ClN4O3S. The van der Waals surface area contributed by atoms with Gasteiger partial charge in [0.05, 0.1) is 18.1 Å². The third-order valence-electron chi connectivity index (χ3n) is 4.02.